The molecule has 3 heterocycles. The zero-order valence-electron chi connectivity index (χ0n) is 13.7. The fourth-order valence-electron chi connectivity index (χ4n) is 3.51. The summed E-state index contributed by atoms with van der Waals surface area (Å²) in [5, 5.41) is 4.68. The van der Waals surface area contributed by atoms with Crippen molar-refractivity contribution in [3.8, 4) is 5.69 Å². The van der Waals surface area contributed by atoms with E-state index in [0.29, 0.717) is 11.8 Å². The highest BCUT2D eigenvalue weighted by atomic mass is 32.2. The van der Waals surface area contributed by atoms with Crippen molar-refractivity contribution in [1.82, 2.24) is 19.9 Å². The van der Waals surface area contributed by atoms with Crippen LogP contribution in [0.4, 0.5) is 0 Å². The van der Waals surface area contributed by atoms with E-state index in [1.54, 1.807) is 28.7 Å². The van der Waals surface area contributed by atoms with E-state index in [9.17, 15) is 4.79 Å². The SMILES string of the molecule is O=c1c2c(nc(SC3CCCCC3)n1-c1cccnc1)CCNC2. The second kappa shape index (κ2) is 7.07. The second-order valence-electron chi connectivity index (χ2n) is 6.48. The molecule has 126 valence electrons. The van der Waals surface area contributed by atoms with Gasteiger partial charge in [0.1, 0.15) is 0 Å². The molecule has 0 bridgehead atoms. The van der Waals surface area contributed by atoms with E-state index < -0.39 is 0 Å². The lowest BCUT2D eigenvalue weighted by molar-refractivity contribution is 0.514. The fourth-order valence-corrected chi connectivity index (χ4v) is 4.83. The van der Waals surface area contributed by atoms with Crippen LogP contribution in [0.5, 0.6) is 0 Å². The second-order valence-corrected chi connectivity index (χ2v) is 7.74. The van der Waals surface area contributed by atoms with Gasteiger partial charge in [-0.25, -0.2) is 4.98 Å². The maximum absolute atomic E-state index is 13.1. The van der Waals surface area contributed by atoms with Crippen molar-refractivity contribution in [2.24, 2.45) is 0 Å². The van der Waals surface area contributed by atoms with Crippen molar-refractivity contribution in [3.05, 3.63) is 46.1 Å². The molecule has 2 aliphatic rings. The molecular weight excluding hydrogens is 320 g/mol. The third-order valence-electron chi connectivity index (χ3n) is 4.80. The number of hydrogen-bond acceptors (Lipinski definition) is 5. The average molecular weight is 342 g/mol. The van der Waals surface area contributed by atoms with Gasteiger partial charge in [-0.15, -0.1) is 0 Å². The Kier molecular flexibility index (Phi) is 4.67. The van der Waals surface area contributed by atoms with Crippen molar-refractivity contribution < 1.29 is 0 Å². The van der Waals surface area contributed by atoms with E-state index in [-0.39, 0.29) is 5.56 Å². The van der Waals surface area contributed by atoms with E-state index in [0.717, 1.165) is 35.1 Å². The average Bonchev–Trinajstić information content (AvgIpc) is 2.64. The Bertz CT molecular complexity index is 769. The Morgan fingerprint density at radius 3 is 2.92 bits per heavy atom. The number of nitrogens with one attached hydrogen (secondary N) is 1. The molecule has 0 radical (unpaired) electrons. The van der Waals surface area contributed by atoms with Gasteiger partial charge in [-0.3, -0.25) is 14.3 Å². The van der Waals surface area contributed by atoms with Crippen LogP contribution in [0.3, 0.4) is 0 Å². The Labute approximate surface area is 145 Å². The zero-order valence-corrected chi connectivity index (χ0v) is 14.5. The first kappa shape index (κ1) is 15.8. The van der Waals surface area contributed by atoms with Crippen LogP contribution in [-0.4, -0.2) is 26.3 Å². The minimum Gasteiger partial charge on any atom is -0.312 e. The molecule has 2 aromatic rings. The van der Waals surface area contributed by atoms with Gasteiger partial charge in [0.15, 0.2) is 5.16 Å². The number of rotatable bonds is 3. The monoisotopic (exact) mass is 342 g/mol. The lowest BCUT2D eigenvalue weighted by Crippen LogP contribution is -2.35. The first-order valence-corrected chi connectivity index (χ1v) is 9.63. The number of nitrogens with zero attached hydrogens (tertiary/aromatic N) is 3. The van der Waals surface area contributed by atoms with Crippen molar-refractivity contribution in [2.45, 2.75) is 55.5 Å². The number of pyridine rings is 1. The van der Waals surface area contributed by atoms with Gasteiger partial charge in [0.05, 0.1) is 23.1 Å². The topological polar surface area (TPSA) is 59.8 Å². The van der Waals surface area contributed by atoms with Crippen LogP contribution in [-0.2, 0) is 13.0 Å². The van der Waals surface area contributed by atoms with Gasteiger partial charge in [-0.2, -0.15) is 0 Å². The first-order chi connectivity index (χ1) is 11.8. The molecule has 1 fully saturated rings. The van der Waals surface area contributed by atoms with Crippen molar-refractivity contribution >= 4 is 11.8 Å². The Morgan fingerprint density at radius 2 is 2.12 bits per heavy atom. The van der Waals surface area contributed by atoms with Crippen LogP contribution in [0, 0.1) is 0 Å². The molecule has 24 heavy (non-hydrogen) atoms. The van der Waals surface area contributed by atoms with Gasteiger partial charge in [-0.05, 0) is 25.0 Å². The van der Waals surface area contributed by atoms with E-state index in [1.807, 2.05) is 12.1 Å². The van der Waals surface area contributed by atoms with Gasteiger partial charge < -0.3 is 5.32 Å². The third-order valence-corrected chi connectivity index (χ3v) is 6.09. The number of aromatic nitrogens is 3. The molecule has 6 heteroatoms. The molecule has 1 saturated carbocycles. The van der Waals surface area contributed by atoms with Crippen molar-refractivity contribution in [2.75, 3.05) is 6.54 Å². The van der Waals surface area contributed by atoms with Crippen molar-refractivity contribution in [1.29, 1.82) is 0 Å². The van der Waals surface area contributed by atoms with Crippen LogP contribution in [0.25, 0.3) is 5.69 Å². The maximum atomic E-state index is 13.1. The van der Waals surface area contributed by atoms with E-state index in [4.69, 9.17) is 4.98 Å². The highest BCUT2D eigenvalue weighted by Gasteiger charge is 2.23. The summed E-state index contributed by atoms with van der Waals surface area (Å²) in [6.45, 7) is 1.50. The lowest BCUT2D eigenvalue weighted by atomic mass is 10.0. The molecule has 2 aromatic heterocycles. The lowest BCUT2D eigenvalue weighted by Gasteiger charge is -2.24. The highest BCUT2D eigenvalue weighted by Crippen LogP contribution is 2.33. The summed E-state index contributed by atoms with van der Waals surface area (Å²) in [5.41, 5.74) is 2.63. The van der Waals surface area contributed by atoms with Gasteiger partial charge in [-0.1, -0.05) is 31.0 Å². The minimum absolute atomic E-state index is 0.0542. The quantitative estimate of drug-likeness (QED) is 0.869. The Balaban J connectivity index is 1.80. The molecule has 1 aliphatic carbocycles. The molecule has 0 saturated heterocycles. The molecule has 0 unspecified atom stereocenters. The Morgan fingerprint density at radius 1 is 1.25 bits per heavy atom. The third kappa shape index (κ3) is 3.13. The fraction of sp³-hybridized carbons (Fsp3) is 0.500. The van der Waals surface area contributed by atoms with Gasteiger partial charge in [0.25, 0.3) is 5.56 Å². The summed E-state index contributed by atoms with van der Waals surface area (Å²) in [7, 11) is 0. The summed E-state index contributed by atoms with van der Waals surface area (Å²) < 4.78 is 1.76. The maximum Gasteiger partial charge on any atom is 0.263 e. The summed E-state index contributed by atoms with van der Waals surface area (Å²) in [6.07, 6.45) is 10.6. The molecule has 5 nitrogen and oxygen atoms in total. The zero-order chi connectivity index (χ0) is 16.4. The normalized spacial score (nSPS) is 18.3. The van der Waals surface area contributed by atoms with Gasteiger partial charge in [0, 0.05) is 31.0 Å². The Hall–Kier alpha value is -1.66. The van der Waals surface area contributed by atoms with Gasteiger partial charge >= 0.3 is 0 Å². The molecule has 0 atom stereocenters. The van der Waals surface area contributed by atoms with Crippen molar-refractivity contribution in [3.63, 3.8) is 0 Å². The molecule has 4 rings (SSSR count). The predicted molar refractivity (Wildman–Crippen MR) is 95.8 cm³/mol. The molecule has 0 aromatic carbocycles. The van der Waals surface area contributed by atoms with Gasteiger partial charge in [0.2, 0.25) is 0 Å². The minimum atomic E-state index is 0.0542. The summed E-state index contributed by atoms with van der Waals surface area (Å²) >= 11 is 1.78. The molecule has 1 aliphatic heterocycles. The first-order valence-electron chi connectivity index (χ1n) is 8.75. The van der Waals surface area contributed by atoms with E-state index in [2.05, 4.69) is 10.3 Å². The molecule has 1 N–H and O–H groups in total. The molecule has 0 spiro atoms. The standard InChI is InChI=1S/C18H22N4OS/c23-17-15-12-20-10-8-16(15)21-18(24-14-6-2-1-3-7-14)22(17)13-5-4-9-19-11-13/h4-5,9,11,14,20H,1-3,6-8,10,12H2. The number of hydrogen-bond donors (Lipinski definition) is 1. The summed E-state index contributed by atoms with van der Waals surface area (Å²) in [6, 6.07) is 3.80. The summed E-state index contributed by atoms with van der Waals surface area (Å²) in [5.74, 6) is 0. The van der Waals surface area contributed by atoms with E-state index >= 15 is 0 Å². The largest absolute Gasteiger partial charge is 0.312 e. The summed E-state index contributed by atoms with van der Waals surface area (Å²) in [4.78, 5) is 22.2. The number of thioether (sulfide) groups is 1. The highest BCUT2D eigenvalue weighted by molar-refractivity contribution is 7.99. The van der Waals surface area contributed by atoms with E-state index in [1.165, 1.54) is 32.1 Å². The van der Waals surface area contributed by atoms with Crippen LogP contribution >= 0.6 is 11.8 Å². The molecule has 0 amide bonds. The van der Waals surface area contributed by atoms with Crippen LogP contribution < -0.4 is 10.9 Å². The number of fused-ring (bicyclic) bond motifs is 1. The molecular formula is C18H22N4OS. The van der Waals surface area contributed by atoms with Crippen LogP contribution in [0.15, 0.2) is 34.5 Å². The van der Waals surface area contributed by atoms with Crippen LogP contribution in [0.1, 0.15) is 43.4 Å². The predicted octanol–water partition coefficient (Wildman–Crippen LogP) is 2.70. The van der Waals surface area contributed by atoms with Crippen LogP contribution in [0.2, 0.25) is 0 Å². The smallest absolute Gasteiger partial charge is 0.263 e.